The fourth-order valence-electron chi connectivity index (χ4n) is 2.68. The molecule has 0 N–H and O–H groups in total. The Labute approximate surface area is 124 Å². The molecule has 1 aliphatic rings. The molecule has 4 nitrogen and oxygen atoms in total. The van der Waals surface area contributed by atoms with Gasteiger partial charge in [0.2, 0.25) is 0 Å². The summed E-state index contributed by atoms with van der Waals surface area (Å²) in [5.41, 5.74) is 1.12. The normalized spacial score (nSPS) is 16.4. The SMILES string of the molecule is Cc1csc(N2CCC(N(C)c3ccccn3)CC2)n1. The number of pyridine rings is 1. The highest BCUT2D eigenvalue weighted by Crippen LogP contribution is 2.26. The van der Waals surface area contributed by atoms with Crippen LogP contribution in [0.1, 0.15) is 18.5 Å². The average Bonchev–Trinajstić information content (AvgIpc) is 2.94. The Morgan fingerprint density at radius 3 is 2.70 bits per heavy atom. The minimum atomic E-state index is 0.571. The number of aryl methyl sites for hydroxylation is 1. The van der Waals surface area contributed by atoms with Crippen LogP contribution in [0.2, 0.25) is 0 Å². The Morgan fingerprint density at radius 1 is 1.30 bits per heavy atom. The van der Waals surface area contributed by atoms with Crippen LogP contribution in [0.4, 0.5) is 10.9 Å². The van der Waals surface area contributed by atoms with E-state index in [2.05, 4.69) is 45.2 Å². The fourth-order valence-corrected chi connectivity index (χ4v) is 3.54. The van der Waals surface area contributed by atoms with Gasteiger partial charge in [-0.15, -0.1) is 11.3 Å². The molecule has 3 heterocycles. The van der Waals surface area contributed by atoms with Crippen LogP contribution in [0.5, 0.6) is 0 Å². The largest absolute Gasteiger partial charge is 0.357 e. The summed E-state index contributed by atoms with van der Waals surface area (Å²) in [6.07, 6.45) is 4.18. The van der Waals surface area contributed by atoms with Crippen molar-refractivity contribution in [3.8, 4) is 0 Å². The Bertz CT molecular complexity index is 546. The molecule has 20 heavy (non-hydrogen) atoms. The Kier molecular flexibility index (Phi) is 3.87. The van der Waals surface area contributed by atoms with Gasteiger partial charge in [0.1, 0.15) is 5.82 Å². The first kappa shape index (κ1) is 13.4. The maximum atomic E-state index is 4.58. The van der Waals surface area contributed by atoms with Crippen LogP contribution in [0.3, 0.4) is 0 Å². The number of hydrogen-bond donors (Lipinski definition) is 0. The van der Waals surface area contributed by atoms with E-state index in [4.69, 9.17) is 0 Å². The van der Waals surface area contributed by atoms with Gasteiger partial charge >= 0.3 is 0 Å². The van der Waals surface area contributed by atoms with E-state index in [0.29, 0.717) is 6.04 Å². The standard InChI is InChI=1S/C15H20N4S/c1-12-11-20-15(17-12)19-9-6-13(7-10-19)18(2)14-5-3-4-8-16-14/h3-5,8,11,13H,6-7,9-10H2,1-2H3. The quantitative estimate of drug-likeness (QED) is 0.869. The average molecular weight is 288 g/mol. The van der Waals surface area contributed by atoms with Gasteiger partial charge in [0, 0.05) is 37.8 Å². The molecule has 0 aromatic carbocycles. The molecule has 0 unspecified atom stereocenters. The lowest BCUT2D eigenvalue weighted by atomic mass is 10.0. The maximum Gasteiger partial charge on any atom is 0.185 e. The molecule has 0 saturated carbocycles. The van der Waals surface area contributed by atoms with Crippen LogP contribution in [0.25, 0.3) is 0 Å². The van der Waals surface area contributed by atoms with Crippen LogP contribution in [-0.2, 0) is 0 Å². The molecular formula is C15H20N4S. The van der Waals surface area contributed by atoms with E-state index < -0.39 is 0 Å². The van der Waals surface area contributed by atoms with Gasteiger partial charge in [-0.3, -0.25) is 0 Å². The van der Waals surface area contributed by atoms with Gasteiger partial charge in [-0.25, -0.2) is 9.97 Å². The third-order valence-electron chi connectivity index (χ3n) is 3.90. The van der Waals surface area contributed by atoms with Gasteiger partial charge in [-0.2, -0.15) is 0 Å². The molecular weight excluding hydrogens is 268 g/mol. The Morgan fingerprint density at radius 2 is 2.10 bits per heavy atom. The molecule has 2 aromatic rings. The third-order valence-corrected chi connectivity index (χ3v) is 4.92. The van der Waals surface area contributed by atoms with Crippen molar-refractivity contribution in [2.75, 3.05) is 29.9 Å². The molecule has 0 radical (unpaired) electrons. The number of rotatable bonds is 3. The van der Waals surface area contributed by atoms with Crippen molar-refractivity contribution in [1.29, 1.82) is 0 Å². The number of piperidine rings is 1. The molecule has 106 valence electrons. The van der Waals surface area contributed by atoms with Crippen LogP contribution in [0.15, 0.2) is 29.8 Å². The number of hydrogen-bond acceptors (Lipinski definition) is 5. The molecule has 0 amide bonds. The molecule has 0 aliphatic carbocycles. The van der Waals surface area contributed by atoms with Gasteiger partial charge in [0.25, 0.3) is 0 Å². The van der Waals surface area contributed by atoms with E-state index in [1.165, 1.54) is 5.13 Å². The second-order valence-corrected chi connectivity index (χ2v) is 6.13. The second-order valence-electron chi connectivity index (χ2n) is 5.29. The summed E-state index contributed by atoms with van der Waals surface area (Å²) >= 11 is 1.75. The molecule has 5 heteroatoms. The summed E-state index contributed by atoms with van der Waals surface area (Å²) < 4.78 is 0. The minimum Gasteiger partial charge on any atom is -0.357 e. The maximum absolute atomic E-state index is 4.58. The van der Waals surface area contributed by atoms with E-state index in [0.717, 1.165) is 37.4 Å². The van der Waals surface area contributed by atoms with Crippen molar-refractivity contribution in [1.82, 2.24) is 9.97 Å². The fraction of sp³-hybridized carbons (Fsp3) is 0.467. The molecule has 2 aromatic heterocycles. The van der Waals surface area contributed by atoms with Crippen molar-refractivity contribution in [2.24, 2.45) is 0 Å². The molecule has 3 rings (SSSR count). The highest BCUT2D eigenvalue weighted by Gasteiger charge is 2.24. The van der Waals surface area contributed by atoms with E-state index in [-0.39, 0.29) is 0 Å². The van der Waals surface area contributed by atoms with Gasteiger partial charge in [-0.1, -0.05) is 6.07 Å². The highest BCUT2D eigenvalue weighted by atomic mass is 32.1. The van der Waals surface area contributed by atoms with Crippen LogP contribution >= 0.6 is 11.3 Å². The zero-order valence-electron chi connectivity index (χ0n) is 12.0. The smallest absolute Gasteiger partial charge is 0.185 e. The molecule has 0 atom stereocenters. The monoisotopic (exact) mass is 288 g/mol. The molecule has 0 bridgehead atoms. The van der Waals surface area contributed by atoms with Crippen LogP contribution in [-0.4, -0.2) is 36.1 Å². The topological polar surface area (TPSA) is 32.3 Å². The molecule has 1 fully saturated rings. The van der Waals surface area contributed by atoms with Gasteiger partial charge in [0.05, 0.1) is 5.69 Å². The lowest BCUT2D eigenvalue weighted by molar-refractivity contribution is 0.480. The summed E-state index contributed by atoms with van der Waals surface area (Å²) in [4.78, 5) is 13.7. The van der Waals surface area contributed by atoms with Gasteiger partial charge in [-0.05, 0) is 31.9 Å². The molecule has 1 saturated heterocycles. The summed E-state index contributed by atoms with van der Waals surface area (Å²) in [6, 6.07) is 6.66. The van der Waals surface area contributed by atoms with E-state index in [9.17, 15) is 0 Å². The first-order valence-corrected chi connectivity index (χ1v) is 7.93. The lowest BCUT2D eigenvalue weighted by Gasteiger charge is -2.37. The lowest BCUT2D eigenvalue weighted by Crippen LogP contribution is -2.43. The van der Waals surface area contributed by atoms with Gasteiger partial charge in [0.15, 0.2) is 5.13 Å². The minimum absolute atomic E-state index is 0.571. The summed E-state index contributed by atoms with van der Waals surface area (Å²) in [7, 11) is 2.15. The summed E-state index contributed by atoms with van der Waals surface area (Å²) in [6.45, 7) is 4.21. The van der Waals surface area contributed by atoms with E-state index >= 15 is 0 Å². The van der Waals surface area contributed by atoms with Crippen molar-refractivity contribution in [2.45, 2.75) is 25.8 Å². The predicted octanol–water partition coefficient (Wildman–Crippen LogP) is 2.95. The number of nitrogens with zero attached hydrogens (tertiary/aromatic N) is 4. The van der Waals surface area contributed by atoms with Crippen molar-refractivity contribution in [3.63, 3.8) is 0 Å². The van der Waals surface area contributed by atoms with E-state index in [1.807, 2.05) is 18.3 Å². The Hall–Kier alpha value is -1.62. The van der Waals surface area contributed by atoms with Crippen molar-refractivity contribution in [3.05, 3.63) is 35.5 Å². The van der Waals surface area contributed by atoms with Crippen LogP contribution < -0.4 is 9.80 Å². The first-order valence-electron chi connectivity index (χ1n) is 7.05. The number of anilines is 2. The Balaban J connectivity index is 1.61. The van der Waals surface area contributed by atoms with Crippen LogP contribution in [0, 0.1) is 6.92 Å². The third kappa shape index (κ3) is 2.77. The predicted molar refractivity (Wildman–Crippen MR) is 84.7 cm³/mol. The summed E-state index contributed by atoms with van der Waals surface area (Å²) in [5.74, 6) is 1.07. The second kappa shape index (κ2) is 5.79. The number of aromatic nitrogens is 2. The zero-order chi connectivity index (χ0) is 13.9. The van der Waals surface area contributed by atoms with Crippen molar-refractivity contribution >= 4 is 22.3 Å². The molecule has 0 spiro atoms. The molecule has 1 aliphatic heterocycles. The van der Waals surface area contributed by atoms with Crippen molar-refractivity contribution < 1.29 is 0 Å². The van der Waals surface area contributed by atoms with Gasteiger partial charge < -0.3 is 9.80 Å². The first-order chi connectivity index (χ1) is 9.74. The van der Waals surface area contributed by atoms with E-state index in [1.54, 1.807) is 11.3 Å². The zero-order valence-corrected chi connectivity index (χ0v) is 12.8. The summed E-state index contributed by atoms with van der Waals surface area (Å²) in [5, 5.41) is 3.29. The number of thiazole rings is 1. The highest BCUT2D eigenvalue weighted by molar-refractivity contribution is 7.13.